The highest BCUT2D eigenvalue weighted by molar-refractivity contribution is 6.30. The van der Waals surface area contributed by atoms with Gasteiger partial charge in [-0.05, 0) is 30.5 Å². The third kappa shape index (κ3) is 3.24. The lowest BCUT2D eigenvalue weighted by molar-refractivity contribution is -0.183. The van der Waals surface area contributed by atoms with Crippen LogP contribution in [0.25, 0.3) is 0 Å². The lowest BCUT2D eigenvalue weighted by atomic mass is 9.90. The average Bonchev–Trinajstić information content (AvgIpc) is 3.11. The van der Waals surface area contributed by atoms with Gasteiger partial charge < -0.3 is 5.73 Å². The van der Waals surface area contributed by atoms with Gasteiger partial charge in [0.2, 0.25) is 11.8 Å². The summed E-state index contributed by atoms with van der Waals surface area (Å²) in [6, 6.07) is 6.41. The van der Waals surface area contributed by atoms with Crippen molar-refractivity contribution in [1.29, 1.82) is 0 Å². The summed E-state index contributed by atoms with van der Waals surface area (Å²) in [5.41, 5.74) is 6.06. The molecule has 144 valence electrons. The van der Waals surface area contributed by atoms with E-state index in [1.807, 2.05) is 6.07 Å². The van der Waals surface area contributed by atoms with E-state index >= 15 is 0 Å². The lowest BCUT2D eigenvalue weighted by Crippen LogP contribution is -2.45. The van der Waals surface area contributed by atoms with E-state index < -0.39 is 24.0 Å². The van der Waals surface area contributed by atoms with E-state index in [-0.39, 0.29) is 24.4 Å². The highest BCUT2D eigenvalue weighted by Gasteiger charge is 2.60. The molecule has 0 radical (unpaired) electrons. The zero-order valence-corrected chi connectivity index (χ0v) is 15.6. The number of carbonyl (C=O) groups is 3. The largest absolute Gasteiger partial charge is 0.368 e. The van der Waals surface area contributed by atoms with Crippen LogP contribution in [0.15, 0.2) is 24.3 Å². The van der Waals surface area contributed by atoms with Gasteiger partial charge in [-0.25, -0.2) is 0 Å². The lowest BCUT2D eigenvalue weighted by Gasteiger charge is -2.32. The summed E-state index contributed by atoms with van der Waals surface area (Å²) < 4.78 is 0. The molecule has 2 heterocycles. The Labute approximate surface area is 162 Å². The molecule has 7 nitrogen and oxygen atoms in total. The number of benzene rings is 1. The normalized spacial score (nSPS) is 29.4. The van der Waals surface area contributed by atoms with Gasteiger partial charge >= 0.3 is 0 Å². The number of likely N-dealkylation sites (tertiary alicyclic amines) is 1. The molecule has 1 aromatic rings. The number of hydroxylamine groups is 2. The third-order valence-electron chi connectivity index (χ3n) is 5.67. The summed E-state index contributed by atoms with van der Waals surface area (Å²) in [5, 5.41) is 1.87. The molecule has 1 saturated carbocycles. The third-order valence-corrected chi connectivity index (χ3v) is 5.91. The number of nitrogens with two attached hydrogens (primary N) is 1. The molecule has 8 heteroatoms. The Morgan fingerprint density at radius 3 is 2.59 bits per heavy atom. The molecule has 2 aliphatic heterocycles. The van der Waals surface area contributed by atoms with Crippen LogP contribution in [-0.2, 0) is 19.2 Å². The van der Waals surface area contributed by atoms with Crippen LogP contribution >= 0.6 is 11.6 Å². The number of nitrogens with zero attached hydrogens (tertiary/aromatic N) is 2. The number of carbonyl (C=O) groups excluding carboxylic acids is 3. The van der Waals surface area contributed by atoms with E-state index in [2.05, 4.69) is 0 Å². The van der Waals surface area contributed by atoms with Crippen LogP contribution in [-0.4, -0.2) is 46.4 Å². The van der Waals surface area contributed by atoms with E-state index in [0.29, 0.717) is 5.02 Å². The molecule has 3 fully saturated rings. The number of halogens is 1. The van der Waals surface area contributed by atoms with Gasteiger partial charge in [0.15, 0.2) is 6.10 Å². The zero-order chi connectivity index (χ0) is 19.1. The Morgan fingerprint density at radius 2 is 1.93 bits per heavy atom. The Balaban J connectivity index is 1.68. The van der Waals surface area contributed by atoms with Gasteiger partial charge in [0, 0.05) is 11.1 Å². The summed E-state index contributed by atoms with van der Waals surface area (Å²) in [5.74, 6) is -1.83. The monoisotopic (exact) mass is 391 g/mol. The van der Waals surface area contributed by atoms with Gasteiger partial charge in [-0.2, -0.15) is 5.06 Å². The van der Waals surface area contributed by atoms with Crippen molar-refractivity contribution in [1.82, 2.24) is 9.96 Å². The van der Waals surface area contributed by atoms with E-state index in [0.717, 1.165) is 37.7 Å². The molecular weight excluding hydrogens is 370 g/mol. The van der Waals surface area contributed by atoms with Crippen LogP contribution in [0, 0.1) is 5.92 Å². The molecule has 4 rings (SSSR count). The maximum Gasteiger partial charge on any atom is 0.261 e. The first kappa shape index (κ1) is 18.4. The molecule has 0 aromatic heterocycles. The van der Waals surface area contributed by atoms with Gasteiger partial charge in [0.25, 0.3) is 5.91 Å². The highest BCUT2D eigenvalue weighted by atomic mass is 35.5. The zero-order valence-electron chi connectivity index (χ0n) is 14.8. The molecule has 27 heavy (non-hydrogen) atoms. The summed E-state index contributed by atoms with van der Waals surface area (Å²) in [6.07, 6.45) is 3.93. The Morgan fingerprint density at radius 1 is 1.19 bits per heavy atom. The number of primary amides is 1. The van der Waals surface area contributed by atoms with Crippen molar-refractivity contribution in [2.45, 2.75) is 50.3 Å². The van der Waals surface area contributed by atoms with Crippen molar-refractivity contribution < 1.29 is 19.2 Å². The standard InChI is InChI=1S/C19H22ClN3O4/c20-12-6-4-5-11(9-12)16-15-17(27-22(16)10-14(21)24)19(26)23(18(15)25)13-7-2-1-3-8-13/h4-6,9,13,15-17H,1-3,7-8,10H2,(H2,21,24). The molecule has 3 amide bonds. The second-order valence-corrected chi connectivity index (χ2v) is 7.87. The second kappa shape index (κ2) is 7.22. The van der Waals surface area contributed by atoms with E-state index in [1.165, 1.54) is 9.96 Å². The fourth-order valence-electron chi connectivity index (χ4n) is 4.54. The van der Waals surface area contributed by atoms with E-state index in [1.54, 1.807) is 18.2 Å². The van der Waals surface area contributed by atoms with Crippen LogP contribution in [0.1, 0.15) is 43.7 Å². The number of hydrogen-bond acceptors (Lipinski definition) is 5. The van der Waals surface area contributed by atoms with Crippen LogP contribution in [0.2, 0.25) is 5.02 Å². The number of fused-ring (bicyclic) bond motifs is 1. The van der Waals surface area contributed by atoms with Crippen LogP contribution in [0.3, 0.4) is 0 Å². The first-order valence-corrected chi connectivity index (χ1v) is 9.69. The van der Waals surface area contributed by atoms with Gasteiger partial charge in [-0.15, -0.1) is 0 Å². The van der Waals surface area contributed by atoms with Crippen LogP contribution < -0.4 is 5.73 Å². The maximum atomic E-state index is 13.2. The summed E-state index contributed by atoms with van der Waals surface area (Å²) in [4.78, 5) is 44.9. The van der Waals surface area contributed by atoms with Crippen molar-refractivity contribution in [2.75, 3.05) is 6.54 Å². The van der Waals surface area contributed by atoms with Gasteiger partial charge in [-0.3, -0.25) is 24.1 Å². The molecule has 0 spiro atoms. The minimum Gasteiger partial charge on any atom is -0.368 e. The molecule has 3 atom stereocenters. The Hall–Kier alpha value is -1.96. The summed E-state index contributed by atoms with van der Waals surface area (Å²) in [7, 11) is 0. The summed E-state index contributed by atoms with van der Waals surface area (Å²) >= 11 is 6.12. The van der Waals surface area contributed by atoms with Crippen molar-refractivity contribution >= 4 is 29.3 Å². The van der Waals surface area contributed by atoms with Crippen molar-refractivity contribution in [3.05, 3.63) is 34.9 Å². The predicted octanol–water partition coefficient (Wildman–Crippen LogP) is 1.80. The quantitative estimate of drug-likeness (QED) is 0.790. The van der Waals surface area contributed by atoms with Crippen LogP contribution in [0.4, 0.5) is 0 Å². The van der Waals surface area contributed by atoms with Gasteiger partial charge in [0.1, 0.15) is 6.54 Å². The van der Waals surface area contributed by atoms with Crippen molar-refractivity contribution in [2.24, 2.45) is 11.7 Å². The molecule has 0 bridgehead atoms. The number of hydrogen-bond donors (Lipinski definition) is 1. The Bertz CT molecular complexity index is 780. The average molecular weight is 392 g/mol. The molecule has 3 aliphatic rings. The molecule has 2 saturated heterocycles. The van der Waals surface area contributed by atoms with Gasteiger partial charge in [-0.1, -0.05) is 43.0 Å². The van der Waals surface area contributed by atoms with E-state index in [4.69, 9.17) is 22.2 Å². The Kier molecular flexibility index (Phi) is 4.92. The molecule has 2 N–H and O–H groups in total. The van der Waals surface area contributed by atoms with E-state index in [9.17, 15) is 14.4 Å². The van der Waals surface area contributed by atoms with Crippen molar-refractivity contribution in [3.8, 4) is 0 Å². The molecule has 1 aromatic carbocycles. The number of rotatable bonds is 4. The summed E-state index contributed by atoms with van der Waals surface area (Å²) in [6.45, 7) is -0.200. The SMILES string of the molecule is NC(=O)CN1OC2C(=O)N(C3CCCCC3)C(=O)C2C1c1cccc(Cl)c1. The molecule has 1 aliphatic carbocycles. The van der Waals surface area contributed by atoms with Crippen LogP contribution in [0.5, 0.6) is 0 Å². The smallest absolute Gasteiger partial charge is 0.261 e. The first-order chi connectivity index (χ1) is 13.0. The van der Waals surface area contributed by atoms with Gasteiger partial charge in [0.05, 0.1) is 12.0 Å². The molecule has 3 unspecified atom stereocenters. The fraction of sp³-hybridized carbons (Fsp3) is 0.526. The number of imide groups is 1. The second-order valence-electron chi connectivity index (χ2n) is 7.43. The minimum atomic E-state index is -0.914. The maximum absolute atomic E-state index is 13.2. The predicted molar refractivity (Wildman–Crippen MR) is 97.2 cm³/mol. The fourth-order valence-corrected chi connectivity index (χ4v) is 4.74. The van der Waals surface area contributed by atoms with Crippen molar-refractivity contribution in [3.63, 3.8) is 0 Å². The number of amides is 3. The topological polar surface area (TPSA) is 92.9 Å². The first-order valence-electron chi connectivity index (χ1n) is 9.31. The molecular formula is C19H22ClN3O4. The minimum absolute atomic E-state index is 0.0578. The highest BCUT2D eigenvalue weighted by Crippen LogP contribution is 2.46.